The van der Waals surface area contributed by atoms with E-state index < -0.39 is 0 Å². The molecule has 0 aromatic heterocycles. The topological polar surface area (TPSA) is 0 Å². The average Bonchev–Trinajstić information content (AvgIpc) is 3.16. The van der Waals surface area contributed by atoms with E-state index in [1.54, 1.807) is 0 Å². The first-order valence-electron chi connectivity index (χ1n) is 10.9. The van der Waals surface area contributed by atoms with E-state index in [0.29, 0.717) is 0 Å². The van der Waals surface area contributed by atoms with E-state index in [0.717, 1.165) is 0 Å². The van der Waals surface area contributed by atoms with Crippen molar-refractivity contribution >= 4 is 16.3 Å². The van der Waals surface area contributed by atoms with Crippen molar-refractivity contribution in [2.24, 2.45) is 0 Å². The number of hydrogen-bond donors (Lipinski definition) is 0. The minimum Gasteiger partial charge on any atom is -0.0905 e. The third-order valence-electron chi connectivity index (χ3n) is 8.12. The van der Waals surface area contributed by atoms with Crippen LogP contribution in [0.25, 0.3) is 38.6 Å². The van der Waals surface area contributed by atoms with Gasteiger partial charge in [0.2, 0.25) is 0 Å². The van der Waals surface area contributed by atoms with Gasteiger partial charge in [-0.1, -0.05) is 94.9 Å². The molecule has 0 radical (unpaired) electrons. The molecule has 0 aliphatic heterocycles. The quantitative estimate of drug-likeness (QED) is 0.255. The van der Waals surface area contributed by atoms with Gasteiger partial charge in [0.15, 0.2) is 0 Å². The zero-order valence-electron chi connectivity index (χ0n) is 18.0. The highest BCUT2D eigenvalue weighted by atomic mass is 14.5. The van der Waals surface area contributed by atoms with Crippen molar-refractivity contribution in [1.82, 2.24) is 0 Å². The van der Waals surface area contributed by atoms with E-state index in [-0.39, 0.29) is 10.8 Å². The molecule has 144 valence electrons. The molecule has 4 aromatic rings. The third-order valence-corrected chi connectivity index (χ3v) is 8.12. The van der Waals surface area contributed by atoms with Gasteiger partial charge in [0, 0.05) is 10.8 Å². The highest BCUT2D eigenvalue weighted by molar-refractivity contribution is 6.20. The summed E-state index contributed by atoms with van der Waals surface area (Å²) in [4.78, 5) is 0. The van der Waals surface area contributed by atoms with Crippen LogP contribution in [-0.4, -0.2) is 0 Å². The summed E-state index contributed by atoms with van der Waals surface area (Å²) in [5, 5.41) is 2.82. The molecule has 0 amide bonds. The fraction of sp³-hybridized carbons (Fsp3) is 0.200. The Kier molecular flexibility index (Phi) is 2.65. The van der Waals surface area contributed by atoms with Gasteiger partial charge in [-0.15, -0.1) is 0 Å². The van der Waals surface area contributed by atoms with E-state index in [1.807, 2.05) is 0 Å². The van der Waals surface area contributed by atoms with Crippen molar-refractivity contribution in [2.75, 3.05) is 0 Å². The van der Waals surface area contributed by atoms with Gasteiger partial charge in [0.1, 0.15) is 0 Å². The summed E-state index contributed by atoms with van der Waals surface area (Å²) >= 11 is 0. The lowest BCUT2D eigenvalue weighted by atomic mass is 9.68. The van der Waals surface area contributed by atoms with Crippen LogP contribution in [0.5, 0.6) is 0 Å². The van der Waals surface area contributed by atoms with Crippen LogP contribution < -0.4 is 0 Å². The van der Waals surface area contributed by atoms with Gasteiger partial charge in [0.05, 0.1) is 0 Å². The van der Waals surface area contributed by atoms with Crippen LogP contribution in [-0.2, 0) is 10.8 Å². The molecule has 3 aliphatic carbocycles. The second-order valence-corrected chi connectivity index (χ2v) is 10.2. The van der Waals surface area contributed by atoms with E-state index in [2.05, 4.69) is 94.9 Å². The van der Waals surface area contributed by atoms with Gasteiger partial charge in [-0.25, -0.2) is 0 Å². The van der Waals surface area contributed by atoms with Crippen molar-refractivity contribution in [2.45, 2.75) is 38.5 Å². The van der Waals surface area contributed by atoms with Crippen LogP contribution in [0, 0.1) is 0 Å². The van der Waals surface area contributed by atoms with Gasteiger partial charge < -0.3 is 0 Å². The maximum atomic E-state index is 4.59. The Bertz CT molecular complexity index is 1490. The summed E-state index contributed by atoms with van der Waals surface area (Å²) in [7, 11) is 0. The molecule has 3 aliphatic rings. The van der Waals surface area contributed by atoms with Crippen LogP contribution in [0.15, 0.2) is 67.2 Å². The molecule has 30 heavy (non-hydrogen) atoms. The van der Waals surface area contributed by atoms with Crippen molar-refractivity contribution in [3.8, 4) is 22.3 Å². The molecule has 0 unspecified atom stereocenters. The molecular weight excluding hydrogens is 360 g/mol. The Balaban J connectivity index is 1.84. The van der Waals surface area contributed by atoms with Gasteiger partial charge in [-0.2, -0.15) is 0 Å². The van der Waals surface area contributed by atoms with E-state index in [4.69, 9.17) is 0 Å². The average molecular weight is 385 g/mol. The van der Waals surface area contributed by atoms with Crippen LogP contribution in [0.1, 0.15) is 61.1 Å². The first kappa shape index (κ1) is 16.7. The summed E-state index contributed by atoms with van der Waals surface area (Å²) in [5.74, 6) is 0. The Morgan fingerprint density at radius 2 is 1.20 bits per heavy atom. The largest absolute Gasteiger partial charge is 0.0905 e. The Hall–Kier alpha value is -3.12. The molecule has 0 N–H and O–H groups in total. The molecule has 4 aromatic carbocycles. The molecule has 0 atom stereocenters. The predicted molar refractivity (Wildman–Crippen MR) is 127 cm³/mol. The highest BCUT2D eigenvalue weighted by Crippen LogP contribution is 2.64. The molecule has 0 nitrogen and oxygen atoms in total. The maximum Gasteiger partial charge on any atom is 0.0165 e. The van der Waals surface area contributed by atoms with Gasteiger partial charge in [-0.3, -0.25) is 0 Å². The lowest BCUT2D eigenvalue weighted by Crippen LogP contribution is -2.23. The van der Waals surface area contributed by atoms with Gasteiger partial charge >= 0.3 is 0 Å². The van der Waals surface area contributed by atoms with Gasteiger partial charge in [0.25, 0.3) is 0 Å². The molecule has 0 bridgehead atoms. The zero-order valence-corrected chi connectivity index (χ0v) is 18.0. The van der Waals surface area contributed by atoms with Crippen molar-refractivity contribution in [3.05, 3.63) is 101 Å². The second-order valence-electron chi connectivity index (χ2n) is 10.2. The first-order valence-corrected chi connectivity index (χ1v) is 10.9. The molecule has 7 rings (SSSR count). The monoisotopic (exact) mass is 384 g/mol. The summed E-state index contributed by atoms with van der Waals surface area (Å²) < 4.78 is 0. The lowest BCUT2D eigenvalue weighted by molar-refractivity contribution is 0.639. The van der Waals surface area contributed by atoms with Crippen molar-refractivity contribution < 1.29 is 0 Å². The smallest absolute Gasteiger partial charge is 0.0165 e. The minimum absolute atomic E-state index is 0.0173. The lowest BCUT2D eigenvalue weighted by Gasteiger charge is -2.35. The fourth-order valence-electron chi connectivity index (χ4n) is 6.76. The molecule has 0 saturated carbocycles. The maximum absolute atomic E-state index is 4.59. The van der Waals surface area contributed by atoms with Gasteiger partial charge in [-0.05, 0) is 72.0 Å². The second kappa shape index (κ2) is 4.78. The van der Waals surface area contributed by atoms with Crippen LogP contribution >= 0.6 is 0 Å². The van der Waals surface area contributed by atoms with Crippen LogP contribution in [0.2, 0.25) is 0 Å². The SMILES string of the molecule is C=C1c2ccccc2-c2c3c4c5c(cccc5c21)C(C)(C)c1cccc(c1-4)C3(C)C. The molecule has 0 heteroatoms. The summed E-state index contributed by atoms with van der Waals surface area (Å²) in [6.45, 7) is 14.2. The Morgan fingerprint density at radius 3 is 1.97 bits per heavy atom. The van der Waals surface area contributed by atoms with Crippen molar-refractivity contribution in [1.29, 1.82) is 0 Å². The summed E-state index contributed by atoms with van der Waals surface area (Å²) in [6.07, 6.45) is 0. The van der Waals surface area contributed by atoms with Crippen LogP contribution in [0.4, 0.5) is 0 Å². The summed E-state index contributed by atoms with van der Waals surface area (Å²) in [6, 6.07) is 22.7. The standard InChI is InChI=1S/C30H24/c1-16-17-10-6-7-11-18(17)25-23(16)19-12-8-13-20-24(19)27-26-21(29(20,2)3)14-9-15-22(26)30(4,5)28(25)27/h6-15H,1H2,2-5H3. The Labute approximate surface area is 177 Å². The first-order chi connectivity index (χ1) is 14.3. The number of benzene rings is 4. The molecule has 0 heterocycles. The number of fused-ring (bicyclic) bond motifs is 5. The fourth-order valence-corrected chi connectivity index (χ4v) is 6.76. The summed E-state index contributed by atoms with van der Waals surface area (Å²) in [5.41, 5.74) is 15.4. The van der Waals surface area contributed by atoms with Crippen molar-refractivity contribution in [3.63, 3.8) is 0 Å². The molecule has 0 fully saturated rings. The Morgan fingerprint density at radius 1 is 0.567 bits per heavy atom. The van der Waals surface area contributed by atoms with E-state index in [9.17, 15) is 0 Å². The molecule has 0 saturated heterocycles. The minimum atomic E-state index is -0.0375. The van der Waals surface area contributed by atoms with Crippen LogP contribution in [0.3, 0.4) is 0 Å². The van der Waals surface area contributed by atoms with E-state index in [1.165, 1.54) is 72.0 Å². The third kappa shape index (κ3) is 1.54. The molecular formula is C30H24. The predicted octanol–water partition coefficient (Wildman–Crippen LogP) is 7.83. The number of hydrogen-bond acceptors (Lipinski definition) is 0. The normalized spacial score (nSPS) is 17.9. The zero-order chi connectivity index (χ0) is 20.6. The van der Waals surface area contributed by atoms with E-state index >= 15 is 0 Å². The molecule has 0 spiro atoms. The number of rotatable bonds is 0. The highest BCUT2D eigenvalue weighted by Gasteiger charge is 2.47.